The lowest BCUT2D eigenvalue weighted by Gasteiger charge is -2.19. The fraction of sp³-hybridized carbons (Fsp3) is 0.200. The standard InChI is InChI=1S/C15H15ClN4O3S/c1-23-13-7-12(17-8-18-13)20-15(24)19-11(6-14(21)22)9-2-4-10(16)5-3-9/h2-5,7-8,11H,6H2,1H3,(H,21,22)(H2,17,18,19,20,24). The second-order valence-electron chi connectivity index (χ2n) is 4.75. The maximum absolute atomic E-state index is 11.1. The van der Waals surface area contributed by atoms with Crippen molar-refractivity contribution in [3.8, 4) is 5.88 Å². The SMILES string of the molecule is COc1cc(NC(=S)NC(CC(=O)O)c2ccc(Cl)cc2)ncn1. The summed E-state index contributed by atoms with van der Waals surface area (Å²) in [6, 6.07) is 7.95. The van der Waals surface area contributed by atoms with Gasteiger partial charge in [0.25, 0.3) is 0 Å². The summed E-state index contributed by atoms with van der Waals surface area (Å²) >= 11 is 11.1. The molecule has 7 nitrogen and oxygen atoms in total. The van der Waals surface area contributed by atoms with Gasteiger partial charge in [0.15, 0.2) is 5.11 Å². The third-order valence-corrected chi connectivity index (χ3v) is 3.52. The highest BCUT2D eigenvalue weighted by atomic mass is 35.5. The number of aliphatic carboxylic acids is 1. The van der Waals surface area contributed by atoms with Gasteiger partial charge in [-0.05, 0) is 29.9 Å². The zero-order valence-corrected chi connectivity index (χ0v) is 14.3. The van der Waals surface area contributed by atoms with E-state index in [0.717, 1.165) is 5.56 Å². The summed E-state index contributed by atoms with van der Waals surface area (Å²) in [6.45, 7) is 0. The minimum Gasteiger partial charge on any atom is -0.481 e. The van der Waals surface area contributed by atoms with Gasteiger partial charge in [0.05, 0.1) is 19.6 Å². The lowest BCUT2D eigenvalue weighted by molar-refractivity contribution is -0.137. The molecule has 0 saturated heterocycles. The molecule has 1 aromatic heterocycles. The fourth-order valence-electron chi connectivity index (χ4n) is 1.95. The van der Waals surface area contributed by atoms with Crippen LogP contribution in [-0.4, -0.2) is 33.3 Å². The number of anilines is 1. The average molecular weight is 367 g/mol. The van der Waals surface area contributed by atoms with Crippen molar-refractivity contribution in [3.05, 3.63) is 47.2 Å². The van der Waals surface area contributed by atoms with Crippen LogP contribution in [0.4, 0.5) is 5.82 Å². The van der Waals surface area contributed by atoms with Gasteiger partial charge in [-0.1, -0.05) is 23.7 Å². The summed E-state index contributed by atoms with van der Waals surface area (Å²) < 4.78 is 5.01. The molecule has 1 atom stereocenters. The summed E-state index contributed by atoms with van der Waals surface area (Å²) in [5, 5.41) is 15.7. The van der Waals surface area contributed by atoms with Crippen LogP contribution in [0.3, 0.4) is 0 Å². The van der Waals surface area contributed by atoms with Crippen molar-refractivity contribution in [1.29, 1.82) is 0 Å². The monoisotopic (exact) mass is 366 g/mol. The first-order valence-corrected chi connectivity index (χ1v) is 7.67. The first-order valence-electron chi connectivity index (χ1n) is 6.88. The lowest BCUT2D eigenvalue weighted by Crippen LogP contribution is -2.33. The maximum atomic E-state index is 11.1. The maximum Gasteiger partial charge on any atom is 0.305 e. The molecule has 0 amide bonds. The van der Waals surface area contributed by atoms with E-state index in [4.69, 9.17) is 33.7 Å². The Bertz CT molecular complexity index is 727. The van der Waals surface area contributed by atoms with Crippen molar-refractivity contribution in [2.75, 3.05) is 12.4 Å². The van der Waals surface area contributed by atoms with Crippen LogP contribution in [0.25, 0.3) is 0 Å². The summed E-state index contributed by atoms with van der Waals surface area (Å²) in [6.07, 6.45) is 1.19. The molecule has 0 fully saturated rings. The highest BCUT2D eigenvalue weighted by Gasteiger charge is 2.17. The molecule has 0 bridgehead atoms. The molecule has 126 valence electrons. The molecule has 2 aromatic rings. The molecule has 0 saturated carbocycles. The van der Waals surface area contributed by atoms with Gasteiger partial charge < -0.3 is 20.5 Å². The lowest BCUT2D eigenvalue weighted by atomic mass is 10.0. The van der Waals surface area contributed by atoms with Crippen LogP contribution < -0.4 is 15.4 Å². The van der Waals surface area contributed by atoms with Crippen LogP contribution in [0.1, 0.15) is 18.0 Å². The van der Waals surface area contributed by atoms with Crippen molar-refractivity contribution in [3.63, 3.8) is 0 Å². The zero-order chi connectivity index (χ0) is 17.5. The molecule has 9 heteroatoms. The molecule has 0 aliphatic rings. The summed E-state index contributed by atoms with van der Waals surface area (Å²) in [4.78, 5) is 19.0. The van der Waals surface area contributed by atoms with E-state index < -0.39 is 12.0 Å². The number of hydrogen-bond donors (Lipinski definition) is 3. The number of benzene rings is 1. The summed E-state index contributed by atoms with van der Waals surface area (Å²) in [5.41, 5.74) is 0.756. The fourth-order valence-corrected chi connectivity index (χ4v) is 2.32. The number of aromatic nitrogens is 2. The molecule has 2 rings (SSSR count). The molecule has 0 spiro atoms. The van der Waals surface area contributed by atoms with Gasteiger partial charge >= 0.3 is 5.97 Å². The molecule has 1 aromatic carbocycles. The minimum absolute atomic E-state index is 0.142. The number of nitrogens with one attached hydrogen (secondary N) is 2. The van der Waals surface area contributed by atoms with Crippen molar-refractivity contribution >= 4 is 40.7 Å². The van der Waals surface area contributed by atoms with Gasteiger partial charge in [0, 0.05) is 11.1 Å². The number of hydrogen-bond acceptors (Lipinski definition) is 5. The molecular formula is C15H15ClN4O3S. The van der Waals surface area contributed by atoms with Crippen molar-refractivity contribution in [1.82, 2.24) is 15.3 Å². The molecule has 1 unspecified atom stereocenters. The van der Waals surface area contributed by atoms with Crippen molar-refractivity contribution < 1.29 is 14.6 Å². The summed E-state index contributed by atoms with van der Waals surface area (Å²) in [7, 11) is 1.49. The first kappa shape index (κ1) is 17.9. The van der Waals surface area contributed by atoms with Gasteiger partial charge in [-0.15, -0.1) is 0 Å². The first-order chi connectivity index (χ1) is 11.5. The van der Waals surface area contributed by atoms with E-state index in [0.29, 0.717) is 16.7 Å². The number of carboxylic acid groups (broad SMARTS) is 1. The molecule has 0 aliphatic carbocycles. The van der Waals surface area contributed by atoms with E-state index in [1.54, 1.807) is 30.3 Å². The Morgan fingerprint density at radius 3 is 2.71 bits per heavy atom. The van der Waals surface area contributed by atoms with Gasteiger partial charge in [0.2, 0.25) is 5.88 Å². The van der Waals surface area contributed by atoms with E-state index >= 15 is 0 Å². The average Bonchev–Trinajstić information content (AvgIpc) is 2.54. The van der Waals surface area contributed by atoms with E-state index in [2.05, 4.69) is 20.6 Å². The summed E-state index contributed by atoms with van der Waals surface area (Å²) in [5.74, 6) is -0.131. The van der Waals surface area contributed by atoms with E-state index in [-0.39, 0.29) is 11.5 Å². The number of ether oxygens (including phenoxy) is 1. The number of carboxylic acids is 1. The molecular weight excluding hydrogens is 352 g/mol. The van der Waals surface area contributed by atoms with Crippen LogP contribution in [-0.2, 0) is 4.79 Å². The van der Waals surface area contributed by atoms with Crippen LogP contribution in [0.5, 0.6) is 5.88 Å². The highest BCUT2D eigenvalue weighted by molar-refractivity contribution is 7.80. The predicted molar refractivity (Wildman–Crippen MR) is 94.4 cm³/mol. The van der Waals surface area contributed by atoms with Crippen molar-refractivity contribution in [2.45, 2.75) is 12.5 Å². The Kier molecular flexibility index (Phi) is 6.28. The van der Waals surface area contributed by atoms with Crippen LogP contribution in [0, 0.1) is 0 Å². The third-order valence-electron chi connectivity index (χ3n) is 3.05. The molecule has 0 aliphatic heterocycles. The van der Waals surface area contributed by atoms with Crippen LogP contribution >= 0.6 is 23.8 Å². The Labute approximate surface area is 149 Å². The highest BCUT2D eigenvalue weighted by Crippen LogP contribution is 2.20. The Balaban J connectivity index is 2.08. The van der Waals surface area contributed by atoms with Gasteiger partial charge in [-0.2, -0.15) is 0 Å². The van der Waals surface area contributed by atoms with Crippen LogP contribution in [0.15, 0.2) is 36.7 Å². The van der Waals surface area contributed by atoms with Gasteiger partial charge in [0.1, 0.15) is 12.1 Å². The van der Waals surface area contributed by atoms with Gasteiger partial charge in [-0.3, -0.25) is 4.79 Å². The molecule has 3 N–H and O–H groups in total. The Morgan fingerprint density at radius 1 is 1.38 bits per heavy atom. The van der Waals surface area contributed by atoms with Gasteiger partial charge in [-0.25, -0.2) is 9.97 Å². The minimum atomic E-state index is -0.950. The Morgan fingerprint density at radius 2 is 2.08 bits per heavy atom. The topological polar surface area (TPSA) is 96.4 Å². The largest absolute Gasteiger partial charge is 0.481 e. The number of carbonyl (C=O) groups is 1. The zero-order valence-electron chi connectivity index (χ0n) is 12.7. The molecule has 24 heavy (non-hydrogen) atoms. The Hall–Kier alpha value is -2.45. The number of thiocarbonyl (C=S) groups is 1. The van der Waals surface area contributed by atoms with E-state index in [9.17, 15) is 4.79 Å². The quantitative estimate of drug-likeness (QED) is 0.671. The second kappa shape index (κ2) is 8.42. The number of methoxy groups -OCH3 is 1. The third kappa shape index (κ3) is 5.32. The number of nitrogens with zero attached hydrogens (tertiary/aromatic N) is 2. The molecule has 1 heterocycles. The van der Waals surface area contributed by atoms with E-state index in [1.165, 1.54) is 13.4 Å². The number of rotatable bonds is 6. The second-order valence-corrected chi connectivity index (χ2v) is 5.59. The predicted octanol–water partition coefficient (Wildman–Crippen LogP) is 2.64. The normalized spacial score (nSPS) is 11.4. The van der Waals surface area contributed by atoms with Crippen molar-refractivity contribution in [2.24, 2.45) is 0 Å². The van der Waals surface area contributed by atoms with E-state index in [1.807, 2.05) is 0 Å². The smallest absolute Gasteiger partial charge is 0.305 e. The molecule has 0 radical (unpaired) electrons. The van der Waals surface area contributed by atoms with Crippen LogP contribution in [0.2, 0.25) is 5.02 Å². The number of halogens is 1.